The molecule has 1 fully saturated rings. The van der Waals surface area contributed by atoms with Gasteiger partial charge in [0, 0.05) is 0 Å². The van der Waals surface area contributed by atoms with Gasteiger partial charge in [0.2, 0.25) is 0 Å². The van der Waals surface area contributed by atoms with Gasteiger partial charge in [-0.15, -0.1) is 12.8 Å². The second kappa shape index (κ2) is 9.61. The van der Waals surface area contributed by atoms with Crippen molar-refractivity contribution in [2.24, 2.45) is 0 Å². The van der Waals surface area contributed by atoms with Gasteiger partial charge in [-0.25, -0.2) is 0 Å². The van der Waals surface area contributed by atoms with Crippen LogP contribution in [0.2, 0.25) is 0 Å². The van der Waals surface area contributed by atoms with Crippen LogP contribution in [0.25, 0.3) is 6.08 Å². The molecule has 0 aliphatic heterocycles. The second-order valence-corrected chi connectivity index (χ2v) is 3.03. The normalized spacial score (nSPS) is 11.9. The molecule has 1 aromatic rings. The lowest BCUT2D eigenvalue weighted by molar-refractivity contribution is 0.504. The molecule has 0 amide bonds. The average Bonchev–Trinajstić information content (AvgIpc) is 2.20. The molecule has 0 radical (unpaired) electrons. The van der Waals surface area contributed by atoms with Crippen molar-refractivity contribution in [2.75, 3.05) is 0 Å². The van der Waals surface area contributed by atoms with Gasteiger partial charge < -0.3 is 0 Å². The minimum atomic E-state index is 1.17. The third-order valence-corrected chi connectivity index (χ3v) is 2.04. The molecule has 1 saturated carbocycles. The minimum absolute atomic E-state index is 1.17. The predicted molar refractivity (Wildman–Crippen MR) is 64.9 cm³/mol. The van der Waals surface area contributed by atoms with E-state index in [1.165, 1.54) is 31.2 Å². The highest BCUT2D eigenvalue weighted by atomic mass is 14.0. The maximum atomic E-state index is 4.00. The van der Waals surface area contributed by atoms with Crippen LogP contribution >= 0.6 is 0 Å². The van der Waals surface area contributed by atoms with Crippen molar-refractivity contribution in [1.29, 1.82) is 0 Å². The Hall–Kier alpha value is -1.48. The van der Waals surface area contributed by atoms with E-state index >= 15 is 0 Å². The molecule has 0 heteroatoms. The molecule has 0 nitrogen and oxygen atoms in total. The summed E-state index contributed by atoms with van der Waals surface area (Å²) >= 11 is 0. The molecule has 1 aliphatic rings. The SMILES string of the molecule is C#C.C1CCC1.C=Cc1ccccc1. The highest BCUT2D eigenvalue weighted by molar-refractivity contribution is 5.45. The van der Waals surface area contributed by atoms with Crippen LogP contribution < -0.4 is 0 Å². The van der Waals surface area contributed by atoms with Crippen molar-refractivity contribution in [2.45, 2.75) is 25.7 Å². The van der Waals surface area contributed by atoms with Crippen LogP contribution in [0.1, 0.15) is 31.2 Å². The Morgan fingerprint density at radius 2 is 1.36 bits per heavy atom. The van der Waals surface area contributed by atoms with Crippen LogP contribution in [0.4, 0.5) is 0 Å². The molecule has 0 unspecified atom stereocenters. The summed E-state index contributed by atoms with van der Waals surface area (Å²) in [6.45, 7) is 3.63. The van der Waals surface area contributed by atoms with Gasteiger partial charge in [-0.1, -0.05) is 68.7 Å². The number of benzene rings is 1. The molecule has 0 atom stereocenters. The lowest BCUT2D eigenvalue weighted by Gasteiger charge is -2.05. The Bertz CT molecular complexity index is 235. The van der Waals surface area contributed by atoms with E-state index < -0.39 is 0 Å². The summed E-state index contributed by atoms with van der Waals surface area (Å²) in [4.78, 5) is 0. The molecular formula is C14H18. The van der Waals surface area contributed by atoms with Gasteiger partial charge in [-0.3, -0.25) is 0 Å². The molecule has 14 heavy (non-hydrogen) atoms. The molecule has 2 rings (SSSR count). The first-order valence-corrected chi connectivity index (χ1v) is 4.94. The predicted octanol–water partition coefficient (Wildman–Crippen LogP) is 4.14. The van der Waals surface area contributed by atoms with Crippen molar-refractivity contribution in [1.82, 2.24) is 0 Å². The smallest absolute Gasteiger partial charge is 0.0263 e. The van der Waals surface area contributed by atoms with E-state index in [-0.39, 0.29) is 0 Å². The van der Waals surface area contributed by atoms with Gasteiger partial charge in [0.1, 0.15) is 0 Å². The van der Waals surface area contributed by atoms with Crippen LogP contribution in [0.15, 0.2) is 36.9 Å². The monoisotopic (exact) mass is 186 g/mol. The van der Waals surface area contributed by atoms with Crippen molar-refractivity contribution < 1.29 is 0 Å². The molecule has 74 valence electrons. The Kier molecular flexibility index (Phi) is 8.59. The van der Waals surface area contributed by atoms with Crippen LogP contribution in [0.3, 0.4) is 0 Å². The summed E-state index contributed by atoms with van der Waals surface area (Å²) in [5.74, 6) is 0. The van der Waals surface area contributed by atoms with E-state index in [2.05, 4.69) is 19.4 Å². The van der Waals surface area contributed by atoms with E-state index in [1.807, 2.05) is 36.4 Å². The van der Waals surface area contributed by atoms with Crippen LogP contribution in [0.5, 0.6) is 0 Å². The highest BCUT2D eigenvalue weighted by Gasteiger charge is 1.95. The fourth-order valence-corrected chi connectivity index (χ4v) is 0.839. The quantitative estimate of drug-likeness (QED) is 0.578. The highest BCUT2D eigenvalue weighted by Crippen LogP contribution is 2.15. The van der Waals surface area contributed by atoms with E-state index in [1.54, 1.807) is 0 Å². The zero-order chi connectivity index (χ0) is 10.6. The number of rotatable bonds is 1. The molecule has 1 aromatic carbocycles. The van der Waals surface area contributed by atoms with E-state index in [0.29, 0.717) is 0 Å². The molecule has 1 aliphatic carbocycles. The average molecular weight is 186 g/mol. The van der Waals surface area contributed by atoms with E-state index in [4.69, 9.17) is 0 Å². The minimum Gasteiger partial charge on any atom is -0.124 e. The Morgan fingerprint density at radius 3 is 1.57 bits per heavy atom. The molecule has 0 aromatic heterocycles. The van der Waals surface area contributed by atoms with Crippen molar-refractivity contribution >= 4 is 6.08 Å². The molecule has 0 saturated heterocycles. The van der Waals surface area contributed by atoms with Gasteiger partial charge in [0.25, 0.3) is 0 Å². The summed E-state index contributed by atoms with van der Waals surface area (Å²) in [5.41, 5.74) is 1.17. The van der Waals surface area contributed by atoms with Gasteiger partial charge >= 0.3 is 0 Å². The summed E-state index contributed by atoms with van der Waals surface area (Å²) in [6.07, 6.45) is 15.8. The Balaban J connectivity index is 0.000000236. The summed E-state index contributed by atoms with van der Waals surface area (Å²) in [7, 11) is 0. The first kappa shape index (κ1) is 12.5. The lowest BCUT2D eigenvalue weighted by atomic mass is 10.0. The zero-order valence-electron chi connectivity index (χ0n) is 8.65. The maximum Gasteiger partial charge on any atom is -0.0263 e. The molecule has 0 heterocycles. The third kappa shape index (κ3) is 6.08. The van der Waals surface area contributed by atoms with Crippen molar-refractivity contribution in [3.63, 3.8) is 0 Å². The molecule has 0 N–H and O–H groups in total. The number of hydrogen-bond donors (Lipinski definition) is 0. The number of hydrogen-bond acceptors (Lipinski definition) is 0. The summed E-state index contributed by atoms with van der Waals surface area (Å²) in [5, 5.41) is 0. The zero-order valence-corrected chi connectivity index (χ0v) is 8.65. The fourth-order valence-electron chi connectivity index (χ4n) is 0.839. The van der Waals surface area contributed by atoms with Crippen LogP contribution in [0, 0.1) is 12.8 Å². The fraction of sp³-hybridized carbons (Fsp3) is 0.286. The van der Waals surface area contributed by atoms with Crippen LogP contribution in [-0.4, -0.2) is 0 Å². The standard InChI is InChI=1S/C8H8.C4H8.C2H2/c1-2-8-6-4-3-5-7-8;1-2-4-3-1;1-2/h2-7H,1H2;1-4H2;1-2H. The first-order chi connectivity index (χ1) is 6.93. The van der Waals surface area contributed by atoms with E-state index in [0.717, 1.165) is 0 Å². The Morgan fingerprint density at radius 1 is 0.929 bits per heavy atom. The summed E-state index contributed by atoms with van der Waals surface area (Å²) < 4.78 is 0. The van der Waals surface area contributed by atoms with Crippen molar-refractivity contribution in [3.05, 3.63) is 42.5 Å². The topological polar surface area (TPSA) is 0 Å². The maximum absolute atomic E-state index is 4.00. The summed E-state index contributed by atoms with van der Waals surface area (Å²) in [6, 6.07) is 10.0. The first-order valence-electron chi connectivity index (χ1n) is 4.94. The van der Waals surface area contributed by atoms with Gasteiger partial charge in [-0.05, 0) is 5.56 Å². The largest absolute Gasteiger partial charge is 0.124 e. The molecule has 0 bridgehead atoms. The lowest BCUT2D eigenvalue weighted by Crippen LogP contribution is -1.85. The van der Waals surface area contributed by atoms with E-state index in [9.17, 15) is 0 Å². The molecule has 0 spiro atoms. The van der Waals surface area contributed by atoms with Crippen molar-refractivity contribution in [3.8, 4) is 12.8 Å². The number of terminal acetylenes is 1. The third-order valence-electron chi connectivity index (χ3n) is 2.04. The second-order valence-electron chi connectivity index (χ2n) is 3.03. The van der Waals surface area contributed by atoms with Gasteiger partial charge in [0.05, 0.1) is 0 Å². The van der Waals surface area contributed by atoms with Crippen LogP contribution in [-0.2, 0) is 0 Å². The Labute approximate surface area is 87.7 Å². The van der Waals surface area contributed by atoms with Gasteiger partial charge in [-0.2, -0.15) is 0 Å². The molecular weight excluding hydrogens is 168 g/mol. The van der Waals surface area contributed by atoms with Gasteiger partial charge in [0.15, 0.2) is 0 Å².